The third kappa shape index (κ3) is 8.05. The fourth-order valence-electron chi connectivity index (χ4n) is 2.34. The first kappa shape index (κ1) is 22.4. The van der Waals surface area contributed by atoms with Gasteiger partial charge >= 0.3 is 0 Å². The summed E-state index contributed by atoms with van der Waals surface area (Å²) in [6.07, 6.45) is 1.95. The fourth-order valence-corrected chi connectivity index (χ4v) is 2.56. The molecule has 27 heavy (non-hydrogen) atoms. The monoisotopic (exact) mass is 390 g/mol. The van der Waals surface area contributed by atoms with Crippen molar-refractivity contribution in [2.45, 2.75) is 39.3 Å². The number of hydrogen-bond donors (Lipinski definition) is 3. The topological polar surface area (TPSA) is 84.6 Å². The second-order valence-electron chi connectivity index (χ2n) is 6.29. The van der Waals surface area contributed by atoms with E-state index in [0.717, 1.165) is 5.56 Å². The number of phenols is 1. The summed E-state index contributed by atoms with van der Waals surface area (Å²) in [5.41, 5.74) is 6.15. The van der Waals surface area contributed by atoms with Crippen molar-refractivity contribution in [3.8, 4) is 11.5 Å². The van der Waals surface area contributed by atoms with Gasteiger partial charge in [0.25, 0.3) is 5.91 Å². The number of carbonyl (C=O) groups excluding carboxylic acids is 1. The number of halogens is 1. The minimum absolute atomic E-state index is 0.0208. The molecule has 0 aliphatic carbocycles. The van der Waals surface area contributed by atoms with E-state index >= 15 is 0 Å². The molecule has 0 saturated carbocycles. The lowest BCUT2D eigenvalue weighted by molar-refractivity contribution is 0.0940. The Hall–Kier alpha value is -2.66. The summed E-state index contributed by atoms with van der Waals surface area (Å²) in [5, 5.41) is 12.7. The third-order valence-electron chi connectivity index (χ3n) is 3.41. The molecule has 0 aliphatic heterocycles. The van der Waals surface area contributed by atoms with Crippen LogP contribution in [0.15, 0.2) is 55.2 Å². The molecule has 2 aromatic rings. The number of amides is 1. The van der Waals surface area contributed by atoms with Gasteiger partial charge in [-0.3, -0.25) is 4.79 Å². The quantitative estimate of drug-likeness (QED) is 0.687. The van der Waals surface area contributed by atoms with Gasteiger partial charge in [0.05, 0.1) is 11.1 Å². The van der Waals surface area contributed by atoms with Gasteiger partial charge in [-0.25, -0.2) is 0 Å². The van der Waals surface area contributed by atoms with Crippen LogP contribution in [0, 0.1) is 0 Å². The van der Waals surface area contributed by atoms with Crippen LogP contribution >= 0.6 is 11.6 Å². The Kier molecular flexibility index (Phi) is 9.23. The SMILES string of the molecule is C=CN.CC(Cc1ccc(O)cc1)NC(=O)c1ccc(OC(C)C)c(Cl)c1. The van der Waals surface area contributed by atoms with Gasteiger partial charge in [0.2, 0.25) is 0 Å². The average molecular weight is 391 g/mol. The van der Waals surface area contributed by atoms with Gasteiger partial charge in [-0.1, -0.05) is 30.3 Å². The molecule has 146 valence electrons. The van der Waals surface area contributed by atoms with Crippen LogP contribution in [-0.4, -0.2) is 23.2 Å². The Morgan fingerprint density at radius 2 is 1.85 bits per heavy atom. The van der Waals surface area contributed by atoms with E-state index in [4.69, 9.17) is 16.3 Å². The van der Waals surface area contributed by atoms with Crippen LogP contribution in [0.1, 0.15) is 36.7 Å². The van der Waals surface area contributed by atoms with Gasteiger partial charge in [-0.05, 0) is 69.3 Å². The van der Waals surface area contributed by atoms with Gasteiger partial charge in [0.1, 0.15) is 11.5 Å². The first-order valence-electron chi connectivity index (χ1n) is 8.64. The highest BCUT2D eigenvalue weighted by Crippen LogP contribution is 2.26. The lowest BCUT2D eigenvalue weighted by Gasteiger charge is -2.15. The largest absolute Gasteiger partial charge is 0.508 e. The Bertz CT molecular complexity index is 746. The number of nitrogens with one attached hydrogen (secondary N) is 1. The highest BCUT2D eigenvalue weighted by Gasteiger charge is 2.13. The zero-order chi connectivity index (χ0) is 20.4. The van der Waals surface area contributed by atoms with E-state index in [1.54, 1.807) is 30.3 Å². The molecule has 0 radical (unpaired) electrons. The summed E-state index contributed by atoms with van der Waals surface area (Å²) in [6.45, 7) is 8.91. The maximum Gasteiger partial charge on any atom is 0.251 e. The highest BCUT2D eigenvalue weighted by molar-refractivity contribution is 6.32. The molecule has 2 aromatic carbocycles. The Morgan fingerprint density at radius 3 is 2.37 bits per heavy atom. The van der Waals surface area contributed by atoms with Gasteiger partial charge in [-0.15, -0.1) is 0 Å². The molecule has 0 saturated heterocycles. The van der Waals surface area contributed by atoms with Crippen molar-refractivity contribution in [3.05, 3.63) is 71.4 Å². The van der Waals surface area contributed by atoms with E-state index in [-0.39, 0.29) is 23.8 Å². The van der Waals surface area contributed by atoms with E-state index in [1.807, 2.05) is 32.9 Å². The van der Waals surface area contributed by atoms with Gasteiger partial charge < -0.3 is 20.9 Å². The molecule has 1 amide bonds. The number of rotatable bonds is 6. The number of ether oxygens (including phenoxy) is 1. The van der Waals surface area contributed by atoms with E-state index in [9.17, 15) is 9.90 Å². The summed E-state index contributed by atoms with van der Waals surface area (Å²) in [7, 11) is 0. The third-order valence-corrected chi connectivity index (χ3v) is 3.71. The van der Waals surface area contributed by atoms with E-state index in [1.165, 1.54) is 6.20 Å². The first-order chi connectivity index (χ1) is 12.8. The standard InChI is InChI=1S/C19H22ClNO3.C2H5N/c1-12(2)24-18-9-6-15(11-17(18)20)19(23)21-13(3)10-14-4-7-16(22)8-5-14;1-2-3/h4-9,11-13,22H,10H2,1-3H3,(H,21,23);2H,1,3H2. The molecule has 0 fully saturated rings. The number of aromatic hydroxyl groups is 1. The van der Waals surface area contributed by atoms with Crippen molar-refractivity contribution < 1.29 is 14.6 Å². The molecular formula is C21H27ClN2O3. The normalized spacial score (nSPS) is 11.1. The molecule has 0 aliphatic rings. The van der Waals surface area contributed by atoms with Crippen LogP contribution in [-0.2, 0) is 6.42 Å². The number of benzene rings is 2. The summed E-state index contributed by atoms with van der Waals surface area (Å²) in [4.78, 5) is 12.3. The number of phenolic OH excluding ortho intramolecular Hbond substituents is 1. The molecule has 4 N–H and O–H groups in total. The second kappa shape index (κ2) is 11.1. The Balaban J connectivity index is 0.00000114. The zero-order valence-electron chi connectivity index (χ0n) is 15.9. The number of carbonyl (C=O) groups is 1. The van der Waals surface area contributed by atoms with Crippen molar-refractivity contribution in [2.24, 2.45) is 5.73 Å². The number of hydrogen-bond acceptors (Lipinski definition) is 4. The Morgan fingerprint density at radius 1 is 1.26 bits per heavy atom. The highest BCUT2D eigenvalue weighted by atomic mass is 35.5. The van der Waals surface area contributed by atoms with Crippen LogP contribution in [0.3, 0.4) is 0 Å². The minimum atomic E-state index is -0.181. The lowest BCUT2D eigenvalue weighted by atomic mass is 10.1. The van der Waals surface area contributed by atoms with Crippen molar-refractivity contribution in [1.29, 1.82) is 0 Å². The smallest absolute Gasteiger partial charge is 0.251 e. The first-order valence-corrected chi connectivity index (χ1v) is 9.02. The van der Waals surface area contributed by atoms with Gasteiger partial charge in [0, 0.05) is 11.6 Å². The fraction of sp³-hybridized carbons (Fsp3) is 0.286. The van der Waals surface area contributed by atoms with Crippen molar-refractivity contribution in [1.82, 2.24) is 5.32 Å². The lowest BCUT2D eigenvalue weighted by Crippen LogP contribution is -2.34. The van der Waals surface area contributed by atoms with Crippen molar-refractivity contribution >= 4 is 17.5 Å². The second-order valence-corrected chi connectivity index (χ2v) is 6.70. The summed E-state index contributed by atoms with van der Waals surface area (Å²) in [6, 6.07) is 11.9. The van der Waals surface area contributed by atoms with Crippen LogP contribution in [0.25, 0.3) is 0 Å². The van der Waals surface area contributed by atoms with Crippen LogP contribution < -0.4 is 15.8 Å². The molecule has 0 bridgehead atoms. The predicted octanol–water partition coefficient (Wildman–Crippen LogP) is 4.28. The summed E-state index contributed by atoms with van der Waals surface area (Å²) in [5.74, 6) is 0.619. The van der Waals surface area contributed by atoms with Crippen LogP contribution in [0.5, 0.6) is 11.5 Å². The maximum absolute atomic E-state index is 12.3. The van der Waals surface area contributed by atoms with E-state index in [2.05, 4.69) is 17.6 Å². The summed E-state index contributed by atoms with van der Waals surface area (Å²) >= 11 is 6.17. The minimum Gasteiger partial charge on any atom is -0.508 e. The molecule has 0 aromatic heterocycles. The average Bonchev–Trinajstić information content (AvgIpc) is 2.59. The van der Waals surface area contributed by atoms with Crippen LogP contribution in [0.2, 0.25) is 5.02 Å². The van der Waals surface area contributed by atoms with E-state index < -0.39 is 0 Å². The molecule has 2 rings (SSSR count). The molecular weight excluding hydrogens is 364 g/mol. The van der Waals surface area contributed by atoms with E-state index in [0.29, 0.717) is 22.8 Å². The molecule has 1 unspecified atom stereocenters. The van der Waals surface area contributed by atoms with Crippen molar-refractivity contribution in [3.63, 3.8) is 0 Å². The molecule has 5 nitrogen and oxygen atoms in total. The molecule has 0 heterocycles. The molecule has 0 spiro atoms. The zero-order valence-corrected chi connectivity index (χ0v) is 16.7. The summed E-state index contributed by atoms with van der Waals surface area (Å²) < 4.78 is 5.57. The van der Waals surface area contributed by atoms with Crippen LogP contribution in [0.4, 0.5) is 0 Å². The van der Waals surface area contributed by atoms with Crippen molar-refractivity contribution in [2.75, 3.05) is 0 Å². The predicted molar refractivity (Wildman–Crippen MR) is 110 cm³/mol. The van der Waals surface area contributed by atoms with Gasteiger partial charge in [-0.2, -0.15) is 0 Å². The maximum atomic E-state index is 12.3. The Labute approximate surface area is 165 Å². The molecule has 6 heteroatoms. The molecule has 1 atom stereocenters. The number of nitrogens with two attached hydrogens (primary N) is 1. The van der Waals surface area contributed by atoms with Gasteiger partial charge in [0.15, 0.2) is 0 Å².